The predicted molar refractivity (Wildman–Crippen MR) is 95.8 cm³/mol. The van der Waals surface area contributed by atoms with Gasteiger partial charge in [0.1, 0.15) is 0 Å². The monoisotopic (exact) mass is 328 g/mol. The molecule has 2 amide bonds. The summed E-state index contributed by atoms with van der Waals surface area (Å²) < 4.78 is 0. The fourth-order valence-corrected chi connectivity index (χ4v) is 3.67. The maximum atomic E-state index is 12.9. The Morgan fingerprint density at radius 2 is 1.92 bits per heavy atom. The molecule has 0 radical (unpaired) electrons. The number of benzene rings is 1. The molecule has 2 aliphatic rings. The van der Waals surface area contributed by atoms with Gasteiger partial charge >= 0.3 is 0 Å². The number of hydrogen-bond donors (Lipinski definition) is 0. The number of likely N-dealkylation sites (tertiary alicyclic amines) is 1. The summed E-state index contributed by atoms with van der Waals surface area (Å²) >= 11 is 0. The van der Waals surface area contributed by atoms with Crippen LogP contribution in [0.3, 0.4) is 0 Å². The second-order valence-corrected chi connectivity index (χ2v) is 7.38. The van der Waals surface area contributed by atoms with E-state index in [1.807, 2.05) is 47.9 Å². The first-order valence-electron chi connectivity index (χ1n) is 9.18. The van der Waals surface area contributed by atoms with Crippen molar-refractivity contribution in [1.29, 1.82) is 0 Å². The van der Waals surface area contributed by atoms with Crippen molar-refractivity contribution in [3.05, 3.63) is 29.8 Å². The lowest BCUT2D eigenvalue weighted by Crippen LogP contribution is -2.40. The number of nitrogens with zero attached hydrogens (tertiary/aromatic N) is 2. The first-order valence-corrected chi connectivity index (χ1v) is 9.18. The van der Waals surface area contributed by atoms with Crippen LogP contribution in [0.15, 0.2) is 24.3 Å². The van der Waals surface area contributed by atoms with E-state index in [2.05, 4.69) is 6.92 Å². The molecule has 1 aromatic carbocycles. The van der Waals surface area contributed by atoms with Crippen molar-refractivity contribution in [3.63, 3.8) is 0 Å². The number of aryl methyl sites for hydroxylation is 1. The zero-order chi connectivity index (χ0) is 17.3. The van der Waals surface area contributed by atoms with Gasteiger partial charge in [0.25, 0.3) is 0 Å². The maximum Gasteiger partial charge on any atom is 0.230 e. The molecule has 0 N–H and O–H groups in total. The highest BCUT2D eigenvalue weighted by Gasteiger charge is 2.51. The Hall–Kier alpha value is -1.84. The van der Waals surface area contributed by atoms with Crippen LogP contribution in [-0.2, 0) is 9.59 Å². The van der Waals surface area contributed by atoms with Gasteiger partial charge < -0.3 is 9.80 Å². The Morgan fingerprint density at radius 1 is 1.21 bits per heavy atom. The van der Waals surface area contributed by atoms with Crippen molar-refractivity contribution < 1.29 is 9.59 Å². The zero-order valence-corrected chi connectivity index (χ0v) is 15.0. The summed E-state index contributed by atoms with van der Waals surface area (Å²) in [7, 11) is 0. The van der Waals surface area contributed by atoms with Crippen molar-refractivity contribution in [2.75, 3.05) is 24.5 Å². The number of hydrogen-bond acceptors (Lipinski definition) is 2. The molecule has 0 bridgehead atoms. The average molecular weight is 328 g/mol. The van der Waals surface area contributed by atoms with Gasteiger partial charge in [-0.25, -0.2) is 0 Å². The molecular weight excluding hydrogens is 300 g/mol. The highest BCUT2D eigenvalue weighted by atomic mass is 16.2. The number of amides is 2. The molecular formula is C20H28N2O2. The number of anilines is 1. The summed E-state index contributed by atoms with van der Waals surface area (Å²) in [6.45, 7) is 8.61. The molecule has 130 valence electrons. The molecule has 3 rings (SSSR count). The first kappa shape index (κ1) is 17.0. The summed E-state index contributed by atoms with van der Waals surface area (Å²) in [4.78, 5) is 29.3. The number of carbonyl (C=O) groups is 2. The van der Waals surface area contributed by atoms with E-state index in [-0.39, 0.29) is 23.7 Å². The van der Waals surface area contributed by atoms with Crippen LogP contribution in [-0.4, -0.2) is 36.3 Å². The van der Waals surface area contributed by atoms with Crippen LogP contribution in [0.25, 0.3) is 0 Å². The van der Waals surface area contributed by atoms with Gasteiger partial charge in [0.05, 0.1) is 11.8 Å². The summed E-state index contributed by atoms with van der Waals surface area (Å²) in [6, 6.07) is 8.01. The van der Waals surface area contributed by atoms with E-state index in [1.54, 1.807) is 0 Å². The lowest BCUT2D eigenvalue weighted by molar-refractivity contribution is -0.135. The molecule has 1 aliphatic heterocycles. The summed E-state index contributed by atoms with van der Waals surface area (Å²) in [5.74, 6) is 0.789. The third-order valence-electron chi connectivity index (χ3n) is 5.42. The minimum Gasteiger partial charge on any atom is -0.342 e. The first-order chi connectivity index (χ1) is 11.5. The van der Waals surface area contributed by atoms with Crippen molar-refractivity contribution >= 4 is 17.5 Å². The van der Waals surface area contributed by atoms with E-state index in [0.717, 1.165) is 37.2 Å². The van der Waals surface area contributed by atoms with Crippen LogP contribution < -0.4 is 4.90 Å². The molecule has 2 atom stereocenters. The zero-order valence-electron chi connectivity index (χ0n) is 15.0. The van der Waals surface area contributed by atoms with E-state index in [1.165, 1.54) is 0 Å². The molecule has 1 saturated heterocycles. The molecule has 1 heterocycles. The van der Waals surface area contributed by atoms with Gasteiger partial charge in [-0.3, -0.25) is 9.59 Å². The predicted octanol–water partition coefficient (Wildman–Crippen LogP) is 3.24. The van der Waals surface area contributed by atoms with Crippen LogP contribution in [0, 0.1) is 24.7 Å². The molecule has 4 nitrogen and oxygen atoms in total. The van der Waals surface area contributed by atoms with Crippen molar-refractivity contribution in [3.8, 4) is 0 Å². The minimum absolute atomic E-state index is 0.0928. The smallest absolute Gasteiger partial charge is 0.230 e. The van der Waals surface area contributed by atoms with Gasteiger partial charge in [-0.15, -0.1) is 0 Å². The second kappa shape index (κ2) is 6.96. The van der Waals surface area contributed by atoms with Gasteiger partial charge in [-0.1, -0.05) is 19.1 Å². The minimum atomic E-state index is -0.127. The van der Waals surface area contributed by atoms with Crippen LogP contribution in [0.5, 0.6) is 0 Å². The largest absolute Gasteiger partial charge is 0.342 e. The SMILES string of the molecule is CCN(C(=O)C1CC1C(=O)N1CCC(C)CC1)c1cccc(C)c1. The Labute approximate surface area is 144 Å². The fourth-order valence-electron chi connectivity index (χ4n) is 3.67. The van der Waals surface area contributed by atoms with Crippen LogP contribution in [0.2, 0.25) is 0 Å². The molecule has 2 unspecified atom stereocenters. The molecule has 1 aromatic rings. The molecule has 1 saturated carbocycles. The average Bonchev–Trinajstić information content (AvgIpc) is 3.36. The van der Waals surface area contributed by atoms with Gasteiger partial charge in [0, 0.05) is 25.3 Å². The quantitative estimate of drug-likeness (QED) is 0.851. The maximum absolute atomic E-state index is 12.9. The molecule has 4 heteroatoms. The van der Waals surface area contributed by atoms with E-state index < -0.39 is 0 Å². The number of carbonyl (C=O) groups excluding carboxylic acids is 2. The Balaban J connectivity index is 1.63. The van der Waals surface area contributed by atoms with Crippen LogP contribution in [0.1, 0.15) is 38.7 Å². The molecule has 0 aromatic heterocycles. The molecule has 0 spiro atoms. The number of piperidine rings is 1. The van der Waals surface area contributed by atoms with E-state index in [4.69, 9.17) is 0 Å². The highest BCUT2D eigenvalue weighted by molar-refractivity contribution is 6.01. The summed E-state index contributed by atoms with van der Waals surface area (Å²) in [5.41, 5.74) is 2.08. The number of rotatable bonds is 4. The van der Waals surface area contributed by atoms with E-state index in [0.29, 0.717) is 18.9 Å². The van der Waals surface area contributed by atoms with Crippen molar-refractivity contribution in [1.82, 2.24) is 4.90 Å². The van der Waals surface area contributed by atoms with Crippen LogP contribution in [0.4, 0.5) is 5.69 Å². The Bertz CT molecular complexity index is 620. The lowest BCUT2D eigenvalue weighted by atomic mass is 9.99. The van der Waals surface area contributed by atoms with Gasteiger partial charge in [0.2, 0.25) is 11.8 Å². The summed E-state index contributed by atoms with van der Waals surface area (Å²) in [5, 5.41) is 0. The molecule has 1 aliphatic carbocycles. The van der Waals surface area contributed by atoms with Crippen molar-refractivity contribution in [2.24, 2.45) is 17.8 Å². The summed E-state index contributed by atoms with van der Waals surface area (Å²) in [6.07, 6.45) is 2.88. The highest BCUT2D eigenvalue weighted by Crippen LogP contribution is 2.42. The van der Waals surface area contributed by atoms with Crippen LogP contribution >= 0.6 is 0 Å². The van der Waals surface area contributed by atoms with E-state index >= 15 is 0 Å². The third kappa shape index (κ3) is 3.47. The van der Waals surface area contributed by atoms with E-state index in [9.17, 15) is 9.59 Å². The van der Waals surface area contributed by atoms with Crippen molar-refractivity contribution in [2.45, 2.75) is 40.0 Å². The van der Waals surface area contributed by atoms with Gasteiger partial charge in [-0.05, 0) is 56.7 Å². The third-order valence-corrected chi connectivity index (χ3v) is 5.42. The lowest BCUT2D eigenvalue weighted by Gasteiger charge is -2.30. The normalized spacial score (nSPS) is 23.9. The Morgan fingerprint density at radius 3 is 2.54 bits per heavy atom. The fraction of sp³-hybridized carbons (Fsp3) is 0.600. The Kier molecular flexibility index (Phi) is 4.93. The molecule has 2 fully saturated rings. The molecule has 24 heavy (non-hydrogen) atoms. The van der Waals surface area contributed by atoms with Gasteiger partial charge in [-0.2, -0.15) is 0 Å². The standard InChI is InChI=1S/C20H28N2O2/c1-4-22(16-7-5-6-15(3)12-16)20(24)18-13-17(18)19(23)21-10-8-14(2)9-11-21/h5-7,12,14,17-18H,4,8-11,13H2,1-3H3. The topological polar surface area (TPSA) is 40.6 Å². The second-order valence-electron chi connectivity index (χ2n) is 7.38. The van der Waals surface area contributed by atoms with Gasteiger partial charge in [0.15, 0.2) is 0 Å².